The van der Waals surface area contributed by atoms with E-state index in [1.165, 1.54) is 19.2 Å². The molecule has 1 aliphatic rings. The molecule has 1 fully saturated rings. The van der Waals surface area contributed by atoms with Gasteiger partial charge in [0, 0.05) is 6.07 Å². The number of hydrogen-bond donors (Lipinski definition) is 1. The molecule has 0 saturated carbocycles. The summed E-state index contributed by atoms with van der Waals surface area (Å²) in [4.78, 5) is 20.7. The molecule has 3 rings (SSSR count). The number of H-pyrrole nitrogens is 1. The lowest BCUT2D eigenvalue weighted by atomic mass is 9.98. The third-order valence-electron chi connectivity index (χ3n) is 3.94. The van der Waals surface area contributed by atoms with Crippen molar-refractivity contribution in [3.63, 3.8) is 0 Å². The third kappa shape index (κ3) is 2.82. The summed E-state index contributed by atoms with van der Waals surface area (Å²) in [6.07, 6.45) is 3.79. The van der Waals surface area contributed by atoms with Crippen LogP contribution in [0.5, 0.6) is 5.75 Å². The molecule has 0 amide bonds. The van der Waals surface area contributed by atoms with Gasteiger partial charge in [-0.05, 0) is 51.0 Å². The van der Waals surface area contributed by atoms with E-state index in [1.807, 2.05) is 12.1 Å². The maximum Gasteiger partial charge on any atom is 0.258 e. The molecule has 0 atom stereocenters. The summed E-state index contributed by atoms with van der Waals surface area (Å²) in [6, 6.07) is 5.44. The highest BCUT2D eigenvalue weighted by Crippen LogP contribution is 2.20. The van der Waals surface area contributed by atoms with Gasteiger partial charge in [-0.2, -0.15) is 0 Å². The molecule has 1 aliphatic heterocycles. The lowest BCUT2D eigenvalue weighted by Crippen LogP contribution is -2.32. The molecule has 0 unspecified atom stereocenters. The van der Waals surface area contributed by atoms with Gasteiger partial charge in [-0.3, -0.25) is 4.79 Å². The number of aromatic nitrogens is 2. The second-order valence-corrected chi connectivity index (χ2v) is 5.47. The van der Waals surface area contributed by atoms with Crippen LogP contribution >= 0.6 is 0 Å². The number of fused-ring (bicyclic) bond motifs is 1. The predicted molar refractivity (Wildman–Crippen MR) is 78.1 cm³/mol. The molecule has 5 nitrogen and oxygen atoms in total. The zero-order valence-electron chi connectivity index (χ0n) is 11.6. The standard InChI is InChI=1S/C15H19N3O2/c1-18-6-4-11(5-7-18)9-20-12-2-3-13-14(8-12)16-10-17-15(13)19/h2-3,8,10-11H,4-7,9H2,1H3,(H,16,17,19). The molecule has 106 valence electrons. The molecule has 20 heavy (non-hydrogen) atoms. The summed E-state index contributed by atoms with van der Waals surface area (Å²) in [7, 11) is 2.16. The molecule has 0 bridgehead atoms. The van der Waals surface area contributed by atoms with Crippen LogP contribution in [0.15, 0.2) is 29.3 Å². The molecule has 1 aromatic carbocycles. The van der Waals surface area contributed by atoms with Crippen LogP contribution in [-0.2, 0) is 0 Å². The van der Waals surface area contributed by atoms with Crippen LogP contribution in [0.4, 0.5) is 0 Å². The van der Waals surface area contributed by atoms with Crippen LogP contribution in [-0.4, -0.2) is 41.6 Å². The van der Waals surface area contributed by atoms with Crippen LogP contribution in [0.3, 0.4) is 0 Å². The van der Waals surface area contributed by atoms with Gasteiger partial charge < -0.3 is 14.6 Å². The van der Waals surface area contributed by atoms with Crippen molar-refractivity contribution in [3.05, 3.63) is 34.9 Å². The Balaban J connectivity index is 1.67. The molecule has 0 aliphatic carbocycles. The molecule has 0 spiro atoms. The highest BCUT2D eigenvalue weighted by molar-refractivity contribution is 5.78. The number of benzene rings is 1. The average molecular weight is 273 g/mol. The van der Waals surface area contributed by atoms with E-state index in [4.69, 9.17) is 4.74 Å². The molecule has 5 heteroatoms. The van der Waals surface area contributed by atoms with Crippen molar-refractivity contribution >= 4 is 10.9 Å². The van der Waals surface area contributed by atoms with Crippen molar-refractivity contribution in [1.29, 1.82) is 0 Å². The SMILES string of the molecule is CN1CCC(COc2ccc3c(=O)[nH]cnc3c2)CC1. The number of likely N-dealkylation sites (tertiary alicyclic amines) is 1. The van der Waals surface area contributed by atoms with Crippen molar-refractivity contribution < 1.29 is 4.74 Å². The first-order valence-corrected chi connectivity index (χ1v) is 7.01. The van der Waals surface area contributed by atoms with Crippen LogP contribution in [0.25, 0.3) is 10.9 Å². The monoisotopic (exact) mass is 273 g/mol. The summed E-state index contributed by atoms with van der Waals surface area (Å²) in [5.41, 5.74) is 0.562. The van der Waals surface area contributed by atoms with Crippen molar-refractivity contribution in [1.82, 2.24) is 14.9 Å². The van der Waals surface area contributed by atoms with Crippen molar-refractivity contribution in [2.45, 2.75) is 12.8 Å². The van der Waals surface area contributed by atoms with Crippen molar-refractivity contribution in [3.8, 4) is 5.75 Å². The number of rotatable bonds is 3. The second kappa shape index (κ2) is 5.63. The maximum atomic E-state index is 11.6. The maximum absolute atomic E-state index is 11.6. The van der Waals surface area contributed by atoms with Crippen LogP contribution in [0, 0.1) is 5.92 Å². The molecule has 2 heterocycles. The van der Waals surface area contributed by atoms with E-state index in [0.29, 0.717) is 16.8 Å². The lowest BCUT2D eigenvalue weighted by Gasteiger charge is -2.28. The molecular weight excluding hydrogens is 254 g/mol. The van der Waals surface area contributed by atoms with Gasteiger partial charge in [-0.15, -0.1) is 0 Å². The van der Waals surface area contributed by atoms with Crippen LogP contribution in [0.2, 0.25) is 0 Å². The molecule has 2 aromatic rings. The first kappa shape index (κ1) is 13.1. The van der Waals surface area contributed by atoms with E-state index in [1.54, 1.807) is 6.07 Å². The quantitative estimate of drug-likeness (QED) is 0.923. The van der Waals surface area contributed by atoms with Gasteiger partial charge in [-0.25, -0.2) is 4.98 Å². The van der Waals surface area contributed by atoms with Crippen molar-refractivity contribution in [2.24, 2.45) is 5.92 Å². The first-order valence-electron chi connectivity index (χ1n) is 7.01. The fraction of sp³-hybridized carbons (Fsp3) is 0.467. The third-order valence-corrected chi connectivity index (χ3v) is 3.94. The molecule has 0 radical (unpaired) electrons. The highest BCUT2D eigenvalue weighted by Gasteiger charge is 2.17. The molecule has 1 aromatic heterocycles. The Hall–Kier alpha value is -1.88. The summed E-state index contributed by atoms with van der Waals surface area (Å²) in [5.74, 6) is 1.41. The Morgan fingerprint density at radius 2 is 2.20 bits per heavy atom. The average Bonchev–Trinajstić information content (AvgIpc) is 2.47. The van der Waals surface area contributed by atoms with Gasteiger partial charge in [0.1, 0.15) is 5.75 Å². The molecule has 1 saturated heterocycles. The highest BCUT2D eigenvalue weighted by atomic mass is 16.5. The summed E-state index contributed by atoms with van der Waals surface area (Å²) >= 11 is 0. The molecular formula is C15H19N3O2. The van der Waals surface area contributed by atoms with Gasteiger partial charge in [-0.1, -0.05) is 0 Å². The van der Waals surface area contributed by atoms with Crippen molar-refractivity contribution in [2.75, 3.05) is 26.7 Å². The van der Waals surface area contributed by atoms with Gasteiger partial charge in [0.05, 0.1) is 23.8 Å². The Kier molecular flexibility index (Phi) is 3.69. The zero-order valence-corrected chi connectivity index (χ0v) is 11.6. The Bertz CT molecular complexity index is 645. The fourth-order valence-electron chi connectivity index (χ4n) is 2.58. The van der Waals surface area contributed by atoms with Gasteiger partial charge in [0.25, 0.3) is 5.56 Å². The van der Waals surface area contributed by atoms with E-state index in [0.717, 1.165) is 25.4 Å². The van der Waals surface area contributed by atoms with Gasteiger partial charge >= 0.3 is 0 Å². The predicted octanol–water partition coefficient (Wildman–Crippen LogP) is 1.64. The lowest BCUT2D eigenvalue weighted by molar-refractivity contribution is 0.160. The zero-order chi connectivity index (χ0) is 13.9. The van der Waals surface area contributed by atoms with E-state index < -0.39 is 0 Å². The number of nitrogens with zero attached hydrogens (tertiary/aromatic N) is 2. The first-order chi connectivity index (χ1) is 9.72. The second-order valence-electron chi connectivity index (χ2n) is 5.47. The van der Waals surface area contributed by atoms with E-state index in [9.17, 15) is 4.79 Å². The summed E-state index contributed by atoms with van der Waals surface area (Å²) < 4.78 is 5.86. The van der Waals surface area contributed by atoms with E-state index in [2.05, 4.69) is 21.9 Å². The number of ether oxygens (including phenoxy) is 1. The minimum Gasteiger partial charge on any atom is -0.493 e. The summed E-state index contributed by atoms with van der Waals surface area (Å²) in [6.45, 7) is 3.02. The number of piperidine rings is 1. The number of aromatic amines is 1. The van der Waals surface area contributed by atoms with E-state index >= 15 is 0 Å². The Morgan fingerprint density at radius 3 is 3.00 bits per heavy atom. The Labute approximate surface area is 117 Å². The van der Waals surface area contributed by atoms with E-state index in [-0.39, 0.29) is 5.56 Å². The fourth-order valence-corrected chi connectivity index (χ4v) is 2.58. The summed E-state index contributed by atoms with van der Waals surface area (Å²) in [5, 5.41) is 0.596. The Morgan fingerprint density at radius 1 is 1.40 bits per heavy atom. The number of hydrogen-bond acceptors (Lipinski definition) is 4. The minimum atomic E-state index is -0.114. The van der Waals surface area contributed by atoms with Crippen LogP contribution in [0.1, 0.15) is 12.8 Å². The van der Waals surface area contributed by atoms with Gasteiger partial charge in [0.2, 0.25) is 0 Å². The topological polar surface area (TPSA) is 58.2 Å². The van der Waals surface area contributed by atoms with Gasteiger partial charge in [0.15, 0.2) is 0 Å². The molecule has 1 N–H and O–H groups in total. The largest absolute Gasteiger partial charge is 0.493 e. The normalized spacial score (nSPS) is 17.4. The minimum absolute atomic E-state index is 0.114. The van der Waals surface area contributed by atoms with Crippen LogP contribution < -0.4 is 10.3 Å². The smallest absolute Gasteiger partial charge is 0.258 e. The number of nitrogens with one attached hydrogen (secondary N) is 1.